The van der Waals surface area contributed by atoms with Gasteiger partial charge in [-0.15, -0.1) is 0 Å². The van der Waals surface area contributed by atoms with Crippen molar-refractivity contribution in [1.29, 1.82) is 0 Å². The molecular weight excluding hydrogens is 515 g/mol. The molecule has 30 heavy (non-hydrogen) atoms. The van der Waals surface area contributed by atoms with Crippen LogP contribution in [0.15, 0.2) is 71.8 Å². The minimum Gasteiger partial charge on any atom is -0.490 e. The number of hydrogen-bond acceptors (Lipinski definition) is 4. The summed E-state index contributed by atoms with van der Waals surface area (Å²) < 4.78 is 12.6. The molecule has 0 saturated carbocycles. The summed E-state index contributed by atoms with van der Waals surface area (Å²) in [4.78, 5) is 12.2. The van der Waals surface area contributed by atoms with Crippen molar-refractivity contribution < 1.29 is 14.3 Å². The molecule has 7 heteroatoms. The van der Waals surface area contributed by atoms with Crippen LogP contribution in [-0.2, 0) is 6.61 Å². The molecule has 0 aliphatic carbocycles. The number of halogens is 2. The van der Waals surface area contributed by atoms with E-state index in [1.54, 1.807) is 18.3 Å². The van der Waals surface area contributed by atoms with Gasteiger partial charge in [-0.25, -0.2) is 5.43 Å². The first-order valence-corrected chi connectivity index (χ1v) is 10.7. The van der Waals surface area contributed by atoms with Crippen LogP contribution in [0.3, 0.4) is 0 Å². The molecular formula is C23H20ClIN2O3. The Morgan fingerprint density at radius 2 is 1.90 bits per heavy atom. The Morgan fingerprint density at radius 3 is 2.67 bits per heavy atom. The lowest BCUT2D eigenvalue weighted by Gasteiger charge is -2.13. The molecule has 0 saturated heterocycles. The van der Waals surface area contributed by atoms with Gasteiger partial charge in [0.25, 0.3) is 5.91 Å². The summed E-state index contributed by atoms with van der Waals surface area (Å²) in [5.41, 5.74) is 4.75. The van der Waals surface area contributed by atoms with E-state index in [4.69, 9.17) is 21.1 Å². The second kappa shape index (κ2) is 11.0. The number of nitrogens with one attached hydrogen (secondary N) is 1. The van der Waals surface area contributed by atoms with Crippen LogP contribution in [0.2, 0.25) is 5.02 Å². The average molecular weight is 535 g/mol. The Hall–Kier alpha value is -2.58. The number of ether oxygens (including phenoxy) is 2. The zero-order valence-corrected chi connectivity index (χ0v) is 19.2. The van der Waals surface area contributed by atoms with Crippen LogP contribution in [0.4, 0.5) is 0 Å². The van der Waals surface area contributed by atoms with Gasteiger partial charge in [-0.3, -0.25) is 4.79 Å². The van der Waals surface area contributed by atoms with E-state index >= 15 is 0 Å². The first kappa shape index (κ1) is 22.1. The van der Waals surface area contributed by atoms with Gasteiger partial charge in [0, 0.05) is 19.7 Å². The van der Waals surface area contributed by atoms with Crippen molar-refractivity contribution in [1.82, 2.24) is 5.43 Å². The molecule has 0 spiro atoms. The van der Waals surface area contributed by atoms with Gasteiger partial charge in [0.2, 0.25) is 0 Å². The highest BCUT2D eigenvalue weighted by molar-refractivity contribution is 14.1. The summed E-state index contributed by atoms with van der Waals surface area (Å²) in [6.45, 7) is 2.73. The molecule has 154 valence electrons. The number of amides is 1. The normalized spacial score (nSPS) is 10.8. The Bertz CT molecular complexity index is 1060. The standard InChI is InChI=1S/C23H20ClIN2O3/c1-2-29-22-12-16(14-26-27-23(28)17-7-5-8-19(25)13-17)10-11-21(22)30-15-18-6-3-4-9-20(18)24/h3-14H,2,15H2,1H3,(H,27,28)/b26-14-. The molecule has 0 aliphatic rings. The van der Waals surface area contributed by atoms with Gasteiger partial charge >= 0.3 is 0 Å². The van der Waals surface area contributed by atoms with Gasteiger partial charge in [0.05, 0.1) is 12.8 Å². The van der Waals surface area contributed by atoms with E-state index in [-0.39, 0.29) is 5.91 Å². The number of benzene rings is 3. The molecule has 1 N–H and O–H groups in total. The van der Waals surface area contributed by atoms with Crippen molar-refractivity contribution >= 4 is 46.3 Å². The first-order valence-electron chi connectivity index (χ1n) is 9.29. The molecule has 3 rings (SSSR count). The number of carbonyl (C=O) groups is 1. The number of hydrogen-bond donors (Lipinski definition) is 1. The largest absolute Gasteiger partial charge is 0.490 e. The lowest BCUT2D eigenvalue weighted by atomic mass is 10.2. The van der Waals surface area contributed by atoms with Crippen LogP contribution in [0, 0.1) is 3.57 Å². The molecule has 0 atom stereocenters. The highest BCUT2D eigenvalue weighted by atomic mass is 127. The number of hydrazone groups is 1. The van der Waals surface area contributed by atoms with Crippen molar-refractivity contribution in [3.05, 3.63) is 92.0 Å². The molecule has 0 aromatic heterocycles. The van der Waals surface area contributed by atoms with Crippen LogP contribution < -0.4 is 14.9 Å². The summed E-state index contributed by atoms with van der Waals surface area (Å²) in [7, 11) is 0. The van der Waals surface area contributed by atoms with E-state index in [0.29, 0.717) is 35.3 Å². The Kier molecular flexibility index (Phi) is 8.10. The van der Waals surface area contributed by atoms with E-state index in [0.717, 1.165) is 14.7 Å². The van der Waals surface area contributed by atoms with Gasteiger partial charge in [-0.2, -0.15) is 5.10 Å². The van der Waals surface area contributed by atoms with E-state index < -0.39 is 0 Å². The monoisotopic (exact) mass is 534 g/mol. The van der Waals surface area contributed by atoms with E-state index in [9.17, 15) is 4.79 Å². The maximum atomic E-state index is 12.2. The fourth-order valence-electron chi connectivity index (χ4n) is 2.62. The van der Waals surface area contributed by atoms with Gasteiger partial charge in [0.1, 0.15) is 6.61 Å². The number of rotatable bonds is 8. The fourth-order valence-corrected chi connectivity index (χ4v) is 3.36. The van der Waals surface area contributed by atoms with Crippen LogP contribution >= 0.6 is 34.2 Å². The molecule has 3 aromatic rings. The van der Waals surface area contributed by atoms with Crippen molar-refractivity contribution in [2.75, 3.05) is 6.61 Å². The molecule has 0 fully saturated rings. The summed E-state index contributed by atoms with van der Waals surface area (Å²) in [6.07, 6.45) is 1.56. The third-order valence-corrected chi connectivity index (χ3v) is 5.11. The second-order valence-electron chi connectivity index (χ2n) is 6.23. The van der Waals surface area contributed by atoms with Gasteiger partial charge in [-0.1, -0.05) is 35.9 Å². The minimum atomic E-state index is -0.269. The fraction of sp³-hybridized carbons (Fsp3) is 0.130. The third-order valence-electron chi connectivity index (χ3n) is 4.08. The van der Waals surface area contributed by atoms with Crippen LogP contribution in [0.1, 0.15) is 28.4 Å². The van der Waals surface area contributed by atoms with Crippen LogP contribution in [-0.4, -0.2) is 18.7 Å². The highest BCUT2D eigenvalue weighted by Crippen LogP contribution is 2.29. The van der Waals surface area contributed by atoms with Crippen LogP contribution in [0.25, 0.3) is 0 Å². The minimum absolute atomic E-state index is 0.269. The molecule has 0 radical (unpaired) electrons. The zero-order valence-electron chi connectivity index (χ0n) is 16.3. The lowest BCUT2D eigenvalue weighted by Crippen LogP contribution is -2.17. The maximum absolute atomic E-state index is 12.2. The van der Waals surface area contributed by atoms with E-state index in [1.807, 2.05) is 61.5 Å². The lowest BCUT2D eigenvalue weighted by molar-refractivity contribution is 0.0955. The number of nitrogens with zero attached hydrogens (tertiary/aromatic N) is 1. The van der Waals surface area contributed by atoms with Crippen molar-refractivity contribution in [2.45, 2.75) is 13.5 Å². The van der Waals surface area contributed by atoms with Gasteiger partial charge in [-0.05, 0) is 77.5 Å². The smallest absolute Gasteiger partial charge is 0.271 e. The van der Waals surface area contributed by atoms with Crippen molar-refractivity contribution in [3.8, 4) is 11.5 Å². The topological polar surface area (TPSA) is 59.9 Å². The molecule has 3 aromatic carbocycles. The SMILES string of the molecule is CCOc1cc(/C=N\NC(=O)c2cccc(I)c2)ccc1OCc1ccccc1Cl. The van der Waals surface area contributed by atoms with Crippen molar-refractivity contribution in [2.24, 2.45) is 5.10 Å². The average Bonchev–Trinajstić information content (AvgIpc) is 2.74. The summed E-state index contributed by atoms with van der Waals surface area (Å²) in [6, 6.07) is 20.3. The Balaban J connectivity index is 1.67. The summed E-state index contributed by atoms with van der Waals surface area (Å²) in [5, 5.41) is 4.70. The van der Waals surface area contributed by atoms with Crippen molar-refractivity contribution in [3.63, 3.8) is 0 Å². The summed E-state index contributed by atoms with van der Waals surface area (Å²) >= 11 is 8.35. The third kappa shape index (κ3) is 6.21. The predicted octanol–water partition coefficient (Wildman–Crippen LogP) is 5.69. The molecule has 0 heterocycles. The summed E-state index contributed by atoms with van der Waals surface area (Å²) in [5.74, 6) is 0.934. The molecule has 5 nitrogen and oxygen atoms in total. The highest BCUT2D eigenvalue weighted by Gasteiger charge is 2.08. The predicted molar refractivity (Wildman–Crippen MR) is 128 cm³/mol. The molecule has 0 unspecified atom stereocenters. The number of carbonyl (C=O) groups excluding carboxylic acids is 1. The zero-order chi connectivity index (χ0) is 21.3. The molecule has 0 bridgehead atoms. The Morgan fingerprint density at radius 1 is 1.07 bits per heavy atom. The maximum Gasteiger partial charge on any atom is 0.271 e. The second-order valence-corrected chi connectivity index (χ2v) is 7.88. The van der Waals surface area contributed by atoms with Crippen LogP contribution in [0.5, 0.6) is 11.5 Å². The molecule has 0 aliphatic heterocycles. The van der Waals surface area contributed by atoms with E-state index in [2.05, 4.69) is 33.1 Å². The van der Waals surface area contributed by atoms with E-state index in [1.165, 1.54) is 0 Å². The molecule has 1 amide bonds. The quantitative estimate of drug-likeness (QED) is 0.230. The van der Waals surface area contributed by atoms with Gasteiger partial charge in [0.15, 0.2) is 11.5 Å². The first-order chi connectivity index (χ1) is 14.6. The van der Waals surface area contributed by atoms with Gasteiger partial charge < -0.3 is 9.47 Å². The Labute approximate surface area is 194 Å².